The SMILES string of the molecule is Cc1cc(OC2CCCC(C)C2)nc(N)n1. The highest BCUT2D eigenvalue weighted by molar-refractivity contribution is 5.25. The molecule has 16 heavy (non-hydrogen) atoms. The van der Waals surface area contributed by atoms with Crippen molar-refractivity contribution in [2.75, 3.05) is 5.73 Å². The van der Waals surface area contributed by atoms with E-state index in [1.54, 1.807) is 0 Å². The Morgan fingerprint density at radius 1 is 1.38 bits per heavy atom. The average Bonchev–Trinajstić information content (AvgIpc) is 2.15. The van der Waals surface area contributed by atoms with E-state index in [4.69, 9.17) is 10.5 Å². The molecule has 2 N–H and O–H groups in total. The quantitative estimate of drug-likeness (QED) is 0.832. The van der Waals surface area contributed by atoms with E-state index in [9.17, 15) is 0 Å². The Bertz CT molecular complexity index is 347. The zero-order valence-corrected chi connectivity index (χ0v) is 9.94. The molecule has 0 spiro atoms. The smallest absolute Gasteiger partial charge is 0.223 e. The number of rotatable bonds is 2. The summed E-state index contributed by atoms with van der Waals surface area (Å²) in [6.45, 7) is 4.17. The second-order valence-corrected chi connectivity index (χ2v) is 4.72. The Morgan fingerprint density at radius 2 is 2.19 bits per heavy atom. The van der Waals surface area contributed by atoms with Crippen LogP contribution in [0.2, 0.25) is 0 Å². The van der Waals surface area contributed by atoms with E-state index in [2.05, 4.69) is 16.9 Å². The van der Waals surface area contributed by atoms with Crippen molar-refractivity contribution in [2.45, 2.75) is 45.6 Å². The normalized spacial score (nSPS) is 25.4. The lowest BCUT2D eigenvalue weighted by Gasteiger charge is -2.26. The molecule has 1 aliphatic rings. The minimum absolute atomic E-state index is 0.289. The van der Waals surface area contributed by atoms with E-state index >= 15 is 0 Å². The fourth-order valence-electron chi connectivity index (χ4n) is 2.28. The Hall–Kier alpha value is -1.32. The lowest BCUT2D eigenvalue weighted by Crippen LogP contribution is -2.24. The Labute approximate surface area is 96.2 Å². The van der Waals surface area contributed by atoms with Gasteiger partial charge in [-0.05, 0) is 32.1 Å². The first-order valence-electron chi connectivity index (χ1n) is 5.91. The number of aryl methyl sites for hydroxylation is 1. The molecule has 0 bridgehead atoms. The molecule has 1 heterocycles. The first-order chi connectivity index (χ1) is 7.63. The summed E-state index contributed by atoms with van der Waals surface area (Å²) in [4.78, 5) is 8.13. The largest absolute Gasteiger partial charge is 0.474 e. The Morgan fingerprint density at radius 3 is 2.88 bits per heavy atom. The van der Waals surface area contributed by atoms with Gasteiger partial charge < -0.3 is 10.5 Å². The molecule has 1 aromatic rings. The second-order valence-electron chi connectivity index (χ2n) is 4.72. The topological polar surface area (TPSA) is 61.0 Å². The maximum Gasteiger partial charge on any atom is 0.223 e. The van der Waals surface area contributed by atoms with Crippen molar-refractivity contribution in [3.8, 4) is 5.88 Å². The predicted molar refractivity (Wildman–Crippen MR) is 63.2 cm³/mol. The second kappa shape index (κ2) is 4.68. The maximum absolute atomic E-state index is 5.86. The fourth-order valence-corrected chi connectivity index (χ4v) is 2.28. The summed E-state index contributed by atoms with van der Waals surface area (Å²) in [6.07, 6.45) is 5.07. The highest BCUT2D eigenvalue weighted by atomic mass is 16.5. The number of nitrogens with zero attached hydrogens (tertiary/aromatic N) is 2. The van der Waals surface area contributed by atoms with Gasteiger partial charge in [-0.1, -0.05) is 13.3 Å². The third-order valence-corrected chi connectivity index (χ3v) is 3.02. The molecule has 0 radical (unpaired) electrons. The summed E-state index contributed by atoms with van der Waals surface area (Å²) in [6, 6.07) is 1.84. The zero-order valence-electron chi connectivity index (χ0n) is 9.94. The number of nitrogen functional groups attached to an aromatic ring is 1. The maximum atomic E-state index is 5.86. The van der Waals surface area contributed by atoms with E-state index in [1.165, 1.54) is 12.8 Å². The zero-order chi connectivity index (χ0) is 11.5. The van der Waals surface area contributed by atoms with Gasteiger partial charge in [0.05, 0.1) is 0 Å². The van der Waals surface area contributed by atoms with Crippen LogP contribution in [-0.2, 0) is 0 Å². The van der Waals surface area contributed by atoms with Crippen molar-refractivity contribution in [1.82, 2.24) is 9.97 Å². The van der Waals surface area contributed by atoms with Crippen LogP contribution in [0.25, 0.3) is 0 Å². The van der Waals surface area contributed by atoms with Gasteiger partial charge in [-0.15, -0.1) is 0 Å². The average molecular weight is 221 g/mol. The molecule has 4 heteroatoms. The highest BCUT2D eigenvalue weighted by Crippen LogP contribution is 2.26. The molecular weight excluding hydrogens is 202 g/mol. The Kier molecular flexibility index (Phi) is 3.27. The van der Waals surface area contributed by atoms with Crippen molar-refractivity contribution < 1.29 is 4.74 Å². The Balaban J connectivity index is 2.02. The van der Waals surface area contributed by atoms with Crippen LogP contribution in [0.1, 0.15) is 38.3 Å². The van der Waals surface area contributed by atoms with E-state index in [0.717, 1.165) is 24.5 Å². The van der Waals surface area contributed by atoms with Crippen molar-refractivity contribution in [3.63, 3.8) is 0 Å². The minimum Gasteiger partial charge on any atom is -0.474 e. The predicted octanol–water partition coefficient (Wildman–Crippen LogP) is 2.32. The minimum atomic E-state index is 0.289. The van der Waals surface area contributed by atoms with Crippen LogP contribution in [0.3, 0.4) is 0 Å². The lowest BCUT2D eigenvalue weighted by molar-refractivity contribution is 0.124. The monoisotopic (exact) mass is 221 g/mol. The van der Waals surface area contributed by atoms with E-state index in [1.807, 2.05) is 13.0 Å². The van der Waals surface area contributed by atoms with Crippen molar-refractivity contribution in [3.05, 3.63) is 11.8 Å². The summed E-state index contributed by atoms with van der Waals surface area (Å²) in [7, 11) is 0. The van der Waals surface area contributed by atoms with E-state index in [-0.39, 0.29) is 6.10 Å². The summed E-state index contributed by atoms with van der Waals surface area (Å²) >= 11 is 0. The molecule has 88 valence electrons. The van der Waals surface area contributed by atoms with Gasteiger partial charge in [0, 0.05) is 11.8 Å². The summed E-state index contributed by atoms with van der Waals surface area (Å²) < 4.78 is 5.86. The number of aromatic nitrogens is 2. The molecule has 4 nitrogen and oxygen atoms in total. The van der Waals surface area contributed by atoms with Crippen LogP contribution < -0.4 is 10.5 Å². The van der Waals surface area contributed by atoms with Crippen molar-refractivity contribution in [2.24, 2.45) is 5.92 Å². The molecule has 1 fully saturated rings. The molecule has 2 atom stereocenters. The third kappa shape index (κ3) is 2.84. The summed E-state index contributed by atoms with van der Waals surface area (Å²) in [5, 5.41) is 0. The van der Waals surface area contributed by atoms with Crippen LogP contribution >= 0.6 is 0 Å². The molecule has 0 saturated heterocycles. The van der Waals surface area contributed by atoms with Crippen LogP contribution in [0.4, 0.5) is 5.95 Å². The molecular formula is C12H19N3O. The number of ether oxygens (including phenoxy) is 1. The molecule has 1 saturated carbocycles. The number of hydrogen-bond donors (Lipinski definition) is 1. The molecule has 0 aromatic carbocycles. The molecule has 0 aliphatic heterocycles. The van der Waals surface area contributed by atoms with Gasteiger partial charge in [-0.25, -0.2) is 4.98 Å². The molecule has 1 aromatic heterocycles. The standard InChI is InChI=1S/C12H19N3O/c1-8-4-3-5-10(6-8)16-11-7-9(2)14-12(13)15-11/h7-8,10H,3-6H2,1-2H3,(H2,13,14,15). The summed E-state index contributed by atoms with van der Waals surface area (Å²) in [5.74, 6) is 1.65. The molecule has 0 amide bonds. The number of anilines is 1. The van der Waals surface area contributed by atoms with Gasteiger partial charge in [0.2, 0.25) is 11.8 Å². The van der Waals surface area contributed by atoms with Gasteiger partial charge >= 0.3 is 0 Å². The van der Waals surface area contributed by atoms with Gasteiger partial charge in [-0.3, -0.25) is 0 Å². The number of hydrogen-bond acceptors (Lipinski definition) is 4. The highest BCUT2D eigenvalue weighted by Gasteiger charge is 2.20. The van der Waals surface area contributed by atoms with Gasteiger partial charge in [0.1, 0.15) is 6.10 Å². The van der Waals surface area contributed by atoms with E-state index in [0.29, 0.717) is 11.8 Å². The van der Waals surface area contributed by atoms with Crippen LogP contribution in [-0.4, -0.2) is 16.1 Å². The number of nitrogens with two attached hydrogens (primary N) is 1. The first kappa shape index (κ1) is 11.2. The summed E-state index contributed by atoms with van der Waals surface area (Å²) in [5.41, 5.74) is 6.44. The van der Waals surface area contributed by atoms with Crippen molar-refractivity contribution >= 4 is 5.95 Å². The van der Waals surface area contributed by atoms with Gasteiger partial charge in [0.25, 0.3) is 0 Å². The molecule has 2 unspecified atom stereocenters. The first-order valence-corrected chi connectivity index (χ1v) is 5.91. The third-order valence-electron chi connectivity index (χ3n) is 3.02. The molecule has 1 aliphatic carbocycles. The van der Waals surface area contributed by atoms with Crippen LogP contribution in [0.5, 0.6) is 5.88 Å². The molecule has 2 rings (SSSR count). The van der Waals surface area contributed by atoms with Gasteiger partial charge in [0.15, 0.2) is 0 Å². The fraction of sp³-hybridized carbons (Fsp3) is 0.667. The van der Waals surface area contributed by atoms with Crippen LogP contribution in [0, 0.1) is 12.8 Å². The van der Waals surface area contributed by atoms with E-state index < -0.39 is 0 Å². The van der Waals surface area contributed by atoms with Crippen LogP contribution in [0.15, 0.2) is 6.07 Å². The van der Waals surface area contributed by atoms with Gasteiger partial charge in [-0.2, -0.15) is 4.98 Å². The lowest BCUT2D eigenvalue weighted by atomic mass is 9.89. The van der Waals surface area contributed by atoms with Crippen molar-refractivity contribution in [1.29, 1.82) is 0 Å².